The van der Waals surface area contributed by atoms with Gasteiger partial charge in [-0.2, -0.15) is 0 Å². The Morgan fingerprint density at radius 2 is 0.967 bits per heavy atom. The molecule has 0 saturated heterocycles. The molecule has 1 nitrogen and oxygen atoms in total. The number of rotatable bonds is 4. The molecule has 0 aromatic heterocycles. The van der Waals surface area contributed by atoms with Gasteiger partial charge in [-0.15, -0.1) is 0 Å². The number of hydrogen-bond donors (Lipinski definition) is 1. The Balaban J connectivity index is 1.72. The molecule has 0 aliphatic heterocycles. The van der Waals surface area contributed by atoms with E-state index in [9.17, 15) is 5.11 Å². The molecule has 0 saturated carbocycles. The predicted molar refractivity (Wildman–Crippen MR) is 124 cm³/mol. The highest BCUT2D eigenvalue weighted by molar-refractivity contribution is 5.87. The highest BCUT2D eigenvalue weighted by atomic mass is 16.3. The lowest BCUT2D eigenvalue weighted by Crippen LogP contribution is -2.29. The van der Waals surface area contributed by atoms with E-state index in [0.29, 0.717) is 0 Å². The van der Waals surface area contributed by atoms with Crippen molar-refractivity contribution in [2.75, 3.05) is 0 Å². The fraction of sp³-hybridized carbons (Fsp3) is 0.0345. The van der Waals surface area contributed by atoms with Gasteiger partial charge in [-0.1, -0.05) is 127 Å². The lowest BCUT2D eigenvalue weighted by Gasteiger charge is -2.31. The van der Waals surface area contributed by atoms with Gasteiger partial charge < -0.3 is 5.11 Å². The molecule has 0 fully saturated rings. The summed E-state index contributed by atoms with van der Waals surface area (Å²) >= 11 is 0. The van der Waals surface area contributed by atoms with E-state index in [-0.39, 0.29) is 0 Å². The van der Waals surface area contributed by atoms with Crippen LogP contribution in [0.5, 0.6) is 0 Å². The topological polar surface area (TPSA) is 20.2 Å². The van der Waals surface area contributed by atoms with Gasteiger partial charge in [-0.25, -0.2) is 0 Å². The number of benzene rings is 5. The van der Waals surface area contributed by atoms with Crippen LogP contribution in [-0.2, 0) is 5.60 Å². The Morgan fingerprint density at radius 3 is 1.70 bits per heavy atom. The van der Waals surface area contributed by atoms with E-state index in [1.807, 2.05) is 84.9 Å². The van der Waals surface area contributed by atoms with Crippen LogP contribution in [0.3, 0.4) is 0 Å². The Hall–Kier alpha value is -3.68. The third-order valence-corrected chi connectivity index (χ3v) is 5.78. The van der Waals surface area contributed by atoms with Crippen molar-refractivity contribution in [1.29, 1.82) is 0 Å². The van der Waals surface area contributed by atoms with Gasteiger partial charge >= 0.3 is 0 Å². The summed E-state index contributed by atoms with van der Waals surface area (Å²) in [4.78, 5) is 0. The van der Waals surface area contributed by atoms with Crippen LogP contribution in [0.15, 0.2) is 127 Å². The molecule has 1 heteroatoms. The molecule has 5 aromatic carbocycles. The zero-order valence-corrected chi connectivity index (χ0v) is 16.6. The number of hydrogen-bond acceptors (Lipinski definition) is 1. The number of aliphatic hydroxyl groups is 1. The first-order valence-electron chi connectivity index (χ1n) is 10.2. The molecule has 0 aliphatic carbocycles. The average Bonchev–Trinajstić information content (AvgIpc) is 2.84. The van der Waals surface area contributed by atoms with Gasteiger partial charge in [-0.3, -0.25) is 0 Å². The van der Waals surface area contributed by atoms with Crippen LogP contribution in [0.1, 0.15) is 16.7 Å². The molecular weight excluding hydrogens is 364 g/mol. The fourth-order valence-electron chi connectivity index (χ4n) is 4.23. The van der Waals surface area contributed by atoms with Crippen LogP contribution in [0.25, 0.3) is 21.9 Å². The van der Waals surface area contributed by atoms with Gasteiger partial charge in [0.15, 0.2) is 0 Å². The summed E-state index contributed by atoms with van der Waals surface area (Å²) in [5.74, 6) is 0. The van der Waals surface area contributed by atoms with Crippen molar-refractivity contribution in [3.63, 3.8) is 0 Å². The largest absolute Gasteiger partial charge is 0.376 e. The SMILES string of the molecule is OC(c1ccccc1)(c1ccc(-c2ccccc2)cc1)c1cccc2ccccc12. The molecule has 0 spiro atoms. The van der Waals surface area contributed by atoms with Gasteiger partial charge in [-0.05, 0) is 33.0 Å². The van der Waals surface area contributed by atoms with Gasteiger partial charge in [0.1, 0.15) is 5.60 Å². The normalized spacial score (nSPS) is 13.1. The molecule has 0 heterocycles. The van der Waals surface area contributed by atoms with Crippen LogP contribution < -0.4 is 0 Å². The third kappa shape index (κ3) is 3.10. The lowest BCUT2D eigenvalue weighted by atomic mass is 9.78. The second-order valence-electron chi connectivity index (χ2n) is 7.55. The maximum Gasteiger partial charge on any atom is 0.141 e. The second-order valence-corrected chi connectivity index (χ2v) is 7.55. The van der Waals surface area contributed by atoms with Gasteiger partial charge in [0.25, 0.3) is 0 Å². The molecular formula is C29H22O. The maximum atomic E-state index is 12.3. The molecule has 144 valence electrons. The van der Waals surface area contributed by atoms with Crippen molar-refractivity contribution in [3.8, 4) is 11.1 Å². The van der Waals surface area contributed by atoms with Crippen LogP contribution in [-0.4, -0.2) is 5.11 Å². The van der Waals surface area contributed by atoms with E-state index >= 15 is 0 Å². The van der Waals surface area contributed by atoms with E-state index < -0.39 is 5.60 Å². The molecule has 5 aromatic rings. The molecule has 0 amide bonds. The van der Waals surface area contributed by atoms with Gasteiger partial charge in [0.2, 0.25) is 0 Å². The average molecular weight is 386 g/mol. The zero-order valence-electron chi connectivity index (χ0n) is 16.6. The van der Waals surface area contributed by atoms with Crippen molar-refractivity contribution < 1.29 is 5.11 Å². The predicted octanol–water partition coefficient (Wildman–Crippen LogP) is 6.79. The Labute approximate surface area is 176 Å². The summed E-state index contributed by atoms with van der Waals surface area (Å²) in [6.07, 6.45) is 0. The molecule has 0 bridgehead atoms. The molecule has 0 aliphatic rings. The van der Waals surface area contributed by atoms with Gasteiger partial charge in [0, 0.05) is 5.56 Å². The van der Waals surface area contributed by atoms with Crippen LogP contribution >= 0.6 is 0 Å². The van der Waals surface area contributed by atoms with Crippen molar-refractivity contribution in [2.45, 2.75) is 5.60 Å². The minimum atomic E-state index is -1.25. The first kappa shape index (κ1) is 18.4. The summed E-state index contributed by atoms with van der Waals surface area (Å²) in [6.45, 7) is 0. The quantitative estimate of drug-likeness (QED) is 0.337. The second kappa shape index (κ2) is 7.62. The summed E-state index contributed by atoms with van der Waals surface area (Å²) in [5, 5.41) is 14.5. The third-order valence-electron chi connectivity index (χ3n) is 5.78. The highest BCUT2D eigenvalue weighted by Gasteiger charge is 2.35. The Kier molecular flexibility index (Phi) is 4.66. The minimum Gasteiger partial charge on any atom is -0.376 e. The molecule has 30 heavy (non-hydrogen) atoms. The van der Waals surface area contributed by atoms with Crippen LogP contribution in [0.4, 0.5) is 0 Å². The summed E-state index contributed by atoms with van der Waals surface area (Å²) in [5.41, 5.74) is 3.64. The highest BCUT2D eigenvalue weighted by Crippen LogP contribution is 2.40. The van der Waals surface area contributed by atoms with Crippen LogP contribution in [0, 0.1) is 0 Å². The molecule has 1 unspecified atom stereocenters. The van der Waals surface area contributed by atoms with E-state index in [1.54, 1.807) is 0 Å². The van der Waals surface area contributed by atoms with Crippen LogP contribution in [0.2, 0.25) is 0 Å². The first-order valence-corrected chi connectivity index (χ1v) is 10.2. The number of fused-ring (bicyclic) bond motifs is 1. The first-order chi connectivity index (χ1) is 14.8. The van der Waals surface area contributed by atoms with E-state index in [2.05, 4.69) is 42.5 Å². The fourth-order valence-corrected chi connectivity index (χ4v) is 4.23. The smallest absolute Gasteiger partial charge is 0.141 e. The molecule has 1 atom stereocenters. The summed E-state index contributed by atoms with van der Waals surface area (Å²) in [7, 11) is 0. The van der Waals surface area contributed by atoms with E-state index in [1.165, 1.54) is 0 Å². The van der Waals surface area contributed by atoms with Gasteiger partial charge in [0.05, 0.1) is 0 Å². The van der Waals surface area contributed by atoms with Crippen molar-refractivity contribution in [1.82, 2.24) is 0 Å². The summed E-state index contributed by atoms with van der Waals surface area (Å²) in [6, 6.07) is 42.8. The minimum absolute atomic E-state index is 0.852. The lowest BCUT2D eigenvalue weighted by molar-refractivity contribution is 0.127. The monoisotopic (exact) mass is 386 g/mol. The van der Waals surface area contributed by atoms with Crippen molar-refractivity contribution >= 4 is 10.8 Å². The van der Waals surface area contributed by atoms with E-state index in [4.69, 9.17) is 0 Å². The standard InChI is InChI=1S/C29H22O/c30-29(25-14-5-2-6-15-25,28-17-9-13-24-12-7-8-16-27(24)28)26-20-18-23(19-21-26)22-10-3-1-4-11-22/h1-21,30H. The molecule has 5 rings (SSSR count). The van der Waals surface area contributed by atoms with E-state index in [0.717, 1.165) is 38.6 Å². The molecule has 1 N–H and O–H groups in total. The molecule has 0 radical (unpaired) electrons. The Morgan fingerprint density at radius 1 is 0.433 bits per heavy atom. The maximum absolute atomic E-state index is 12.3. The zero-order chi connectivity index (χ0) is 20.4. The van der Waals surface area contributed by atoms with Crippen molar-refractivity contribution in [2.24, 2.45) is 0 Å². The van der Waals surface area contributed by atoms with Crippen molar-refractivity contribution in [3.05, 3.63) is 144 Å². The Bertz CT molecular complexity index is 1270. The summed E-state index contributed by atoms with van der Waals surface area (Å²) < 4.78 is 0.